The van der Waals surface area contributed by atoms with Gasteiger partial charge in [0.25, 0.3) is 0 Å². The molecule has 0 aromatic heterocycles. The lowest BCUT2D eigenvalue weighted by Crippen LogP contribution is -2.53. The standard InChI is InChI=1S/C14H19Cl2N3O2S2/c1-2-5-17-14(22)18-6-8-19(9-7-18)23(20,21)11-3-4-12(15)13(16)10-11/h3-4,10H,2,5-9H2,1H3,(H,17,22). The first-order valence-corrected chi connectivity index (χ1v) is 9.94. The Morgan fingerprint density at radius 1 is 1.22 bits per heavy atom. The second-order valence-corrected chi connectivity index (χ2v) is 8.34. The minimum atomic E-state index is -3.57. The van der Waals surface area contributed by atoms with E-state index in [0.717, 1.165) is 13.0 Å². The molecule has 1 saturated heterocycles. The summed E-state index contributed by atoms with van der Waals surface area (Å²) in [5.74, 6) is 0. The quantitative estimate of drug-likeness (QED) is 0.793. The van der Waals surface area contributed by atoms with E-state index in [0.29, 0.717) is 36.3 Å². The molecule has 9 heteroatoms. The molecule has 1 fully saturated rings. The Balaban J connectivity index is 2.03. The molecule has 0 atom stereocenters. The van der Waals surface area contributed by atoms with Crippen molar-refractivity contribution in [3.63, 3.8) is 0 Å². The predicted molar refractivity (Wildman–Crippen MR) is 97.7 cm³/mol. The number of sulfonamides is 1. The summed E-state index contributed by atoms with van der Waals surface area (Å²) in [5.41, 5.74) is 0. The molecule has 5 nitrogen and oxygen atoms in total. The van der Waals surface area contributed by atoms with Gasteiger partial charge in [0.05, 0.1) is 14.9 Å². The largest absolute Gasteiger partial charge is 0.363 e. The van der Waals surface area contributed by atoms with Crippen molar-refractivity contribution in [1.29, 1.82) is 0 Å². The summed E-state index contributed by atoms with van der Waals surface area (Å²) in [6.45, 7) is 4.79. The molecule has 0 unspecified atom stereocenters. The Kier molecular flexibility index (Phi) is 6.50. The highest BCUT2D eigenvalue weighted by molar-refractivity contribution is 7.89. The van der Waals surface area contributed by atoms with E-state index in [1.54, 1.807) is 0 Å². The summed E-state index contributed by atoms with van der Waals surface area (Å²) in [4.78, 5) is 2.15. The highest BCUT2D eigenvalue weighted by atomic mass is 35.5. The first kappa shape index (κ1) is 18.7. The van der Waals surface area contributed by atoms with Crippen molar-refractivity contribution in [2.75, 3.05) is 32.7 Å². The Hall–Kier alpha value is -0.600. The Morgan fingerprint density at radius 3 is 2.43 bits per heavy atom. The lowest BCUT2D eigenvalue weighted by molar-refractivity contribution is 0.264. The maximum Gasteiger partial charge on any atom is 0.243 e. The number of hydrogen-bond acceptors (Lipinski definition) is 3. The molecule has 1 N–H and O–H groups in total. The lowest BCUT2D eigenvalue weighted by atomic mass is 10.4. The van der Waals surface area contributed by atoms with Gasteiger partial charge < -0.3 is 10.2 Å². The fourth-order valence-corrected chi connectivity index (χ4v) is 4.36. The van der Waals surface area contributed by atoms with E-state index in [1.807, 2.05) is 4.90 Å². The van der Waals surface area contributed by atoms with Crippen LogP contribution in [0.3, 0.4) is 0 Å². The maximum atomic E-state index is 12.7. The van der Waals surface area contributed by atoms with E-state index in [4.69, 9.17) is 35.4 Å². The molecule has 2 rings (SSSR count). The van der Waals surface area contributed by atoms with Crippen molar-refractivity contribution in [2.24, 2.45) is 0 Å². The molecule has 0 aliphatic carbocycles. The van der Waals surface area contributed by atoms with E-state index in [-0.39, 0.29) is 9.92 Å². The number of nitrogens with zero attached hydrogens (tertiary/aromatic N) is 2. The Morgan fingerprint density at radius 2 is 1.87 bits per heavy atom. The molecule has 0 spiro atoms. The van der Waals surface area contributed by atoms with Crippen molar-refractivity contribution in [3.8, 4) is 0 Å². The van der Waals surface area contributed by atoms with E-state index >= 15 is 0 Å². The number of benzene rings is 1. The van der Waals surface area contributed by atoms with Crippen LogP contribution in [0.1, 0.15) is 13.3 Å². The molecule has 1 aromatic rings. The van der Waals surface area contributed by atoms with Crippen molar-refractivity contribution in [1.82, 2.24) is 14.5 Å². The van der Waals surface area contributed by atoms with Gasteiger partial charge in [-0.15, -0.1) is 0 Å². The second-order valence-electron chi connectivity index (χ2n) is 5.20. The van der Waals surface area contributed by atoms with Crippen LogP contribution in [0.2, 0.25) is 10.0 Å². The van der Waals surface area contributed by atoms with Gasteiger partial charge in [0, 0.05) is 32.7 Å². The minimum absolute atomic E-state index is 0.159. The van der Waals surface area contributed by atoms with E-state index in [2.05, 4.69) is 12.2 Å². The van der Waals surface area contributed by atoms with Crippen LogP contribution in [0.25, 0.3) is 0 Å². The Labute approximate surface area is 152 Å². The maximum absolute atomic E-state index is 12.7. The number of rotatable bonds is 4. The van der Waals surface area contributed by atoms with Gasteiger partial charge in [-0.1, -0.05) is 30.1 Å². The fourth-order valence-electron chi connectivity index (χ4n) is 2.26. The number of thiocarbonyl (C=S) groups is 1. The second kappa shape index (κ2) is 7.98. The lowest BCUT2D eigenvalue weighted by Gasteiger charge is -2.35. The molecule has 0 amide bonds. The first-order chi connectivity index (χ1) is 10.9. The zero-order valence-corrected chi connectivity index (χ0v) is 15.9. The molecule has 1 aliphatic heterocycles. The first-order valence-electron chi connectivity index (χ1n) is 7.34. The molecule has 1 aromatic carbocycles. The smallest absolute Gasteiger partial charge is 0.243 e. The van der Waals surface area contributed by atoms with E-state index < -0.39 is 10.0 Å². The summed E-state index contributed by atoms with van der Waals surface area (Å²) in [5, 5.41) is 4.41. The van der Waals surface area contributed by atoms with Crippen LogP contribution in [0, 0.1) is 0 Å². The molecular weight excluding hydrogens is 377 g/mol. The van der Waals surface area contributed by atoms with Gasteiger partial charge in [-0.05, 0) is 36.8 Å². The third-order valence-corrected chi connectivity index (χ3v) is 6.62. The van der Waals surface area contributed by atoms with Gasteiger partial charge in [-0.25, -0.2) is 8.42 Å². The molecule has 1 heterocycles. The molecular formula is C14H19Cl2N3O2S2. The van der Waals surface area contributed by atoms with Crippen molar-refractivity contribution < 1.29 is 8.42 Å². The third kappa shape index (κ3) is 4.48. The number of hydrogen-bond donors (Lipinski definition) is 1. The SMILES string of the molecule is CCCNC(=S)N1CCN(S(=O)(=O)c2ccc(Cl)c(Cl)c2)CC1. The van der Waals surface area contributed by atoms with Crippen LogP contribution >= 0.6 is 35.4 Å². The number of piperazine rings is 1. The van der Waals surface area contributed by atoms with Crippen LogP contribution in [0.5, 0.6) is 0 Å². The normalized spacial score (nSPS) is 16.4. The minimum Gasteiger partial charge on any atom is -0.363 e. The molecule has 1 aliphatic rings. The summed E-state index contributed by atoms with van der Waals surface area (Å²) < 4.78 is 26.8. The Bertz CT molecular complexity index is 675. The van der Waals surface area contributed by atoms with Gasteiger partial charge >= 0.3 is 0 Å². The third-order valence-electron chi connectivity index (χ3n) is 3.58. The summed E-state index contributed by atoms with van der Waals surface area (Å²) in [7, 11) is -3.57. The average Bonchev–Trinajstić information content (AvgIpc) is 2.55. The van der Waals surface area contributed by atoms with Crippen LogP contribution in [0.15, 0.2) is 23.1 Å². The van der Waals surface area contributed by atoms with Crippen molar-refractivity contribution in [2.45, 2.75) is 18.2 Å². The molecule has 0 bridgehead atoms. The highest BCUT2D eigenvalue weighted by Crippen LogP contribution is 2.27. The summed E-state index contributed by atoms with van der Waals surface area (Å²) >= 11 is 17.1. The van der Waals surface area contributed by atoms with Gasteiger partial charge in [0.1, 0.15) is 0 Å². The van der Waals surface area contributed by atoms with Gasteiger partial charge in [0.2, 0.25) is 10.0 Å². The van der Waals surface area contributed by atoms with Crippen molar-refractivity contribution >= 4 is 50.6 Å². The molecule has 23 heavy (non-hydrogen) atoms. The topological polar surface area (TPSA) is 52.6 Å². The monoisotopic (exact) mass is 395 g/mol. The van der Waals surface area contributed by atoms with Crippen LogP contribution in [-0.4, -0.2) is 55.5 Å². The van der Waals surface area contributed by atoms with Crippen molar-refractivity contribution in [3.05, 3.63) is 28.2 Å². The summed E-state index contributed by atoms with van der Waals surface area (Å²) in [6, 6.07) is 4.36. The fraction of sp³-hybridized carbons (Fsp3) is 0.500. The molecule has 128 valence electrons. The zero-order valence-electron chi connectivity index (χ0n) is 12.8. The average molecular weight is 396 g/mol. The zero-order chi connectivity index (χ0) is 17.0. The van der Waals surface area contributed by atoms with Gasteiger partial charge in [-0.3, -0.25) is 0 Å². The number of nitrogens with one attached hydrogen (secondary N) is 1. The van der Waals surface area contributed by atoms with Crippen LogP contribution < -0.4 is 5.32 Å². The van der Waals surface area contributed by atoms with Gasteiger partial charge in [0.15, 0.2) is 5.11 Å². The van der Waals surface area contributed by atoms with Gasteiger partial charge in [-0.2, -0.15) is 4.31 Å². The van der Waals surface area contributed by atoms with Crippen LogP contribution in [-0.2, 0) is 10.0 Å². The highest BCUT2D eigenvalue weighted by Gasteiger charge is 2.29. The summed E-state index contributed by atoms with van der Waals surface area (Å²) in [6.07, 6.45) is 0.992. The van der Waals surface area contributed by atoms with Crippen LogP contribution in [0.4, 0.5) is 0 Å². The van der Waals surface area contributed by atoms with E-state index in [1.165, 1.54) is 22.5 Å². The molecule has 0 saturated carbocycles. The van der Waals surface area contributed by atoms with E-state index in [9.17, 15) is 8.42 Å². The molecule has 0 radical (unpaired) electrons. The number of halogens is 2. The predicted octanol–water partition coefficient (Wildman–Crippen LogP) is 2.58.